The first-order valence-corrected chi connectivity index (χ1v) is 12.7. The molecule has 0 saturated heterocycles. The summed E-state index contributed by atoms with van der Waals surface area (Å²) in [4.78, 5) is 27.0. The maximum Gasteiger partial charge on any atom is 0.242 e. The molecule has 3 fully saturated rings. The van der Waals surface area contributed by atoms with E-state index < -0.39 is 0 Å². The van der Waals surface area contributed by atoms with Crippen molar-refractivity contribution in [3.05, 3.63) is 21.9 Å². The fraction of sp³-hybridized carbons (Fsp3) is 0.885. The fourth-order valence-corrected chi connectivity index (χ4v) is 8.69. The minimum absolute atomic E-state index is 0.111. The van der Waals surface area contributed by atoms with Gasteiger partial charge in [-0.25, -0.2) is 0 Å². The Bertz CT molecular complexity index is 767. The van der Waals surface area contributed by atoms with Crippen molar-refractivity contribution in [1.82, 2.24) is 4.90 Å². The van der Waals surface area contributed by atoms with Crippen LogP contribution in [0.25, 0.3) is 0 Å². The van der Waals surface area contributed by atoms with E-state index in [9.17, 15) is 14.9 Å². The van der Waals surface area contributed by atoms with Crippen LogP contribution in [-0.4, -0.2) is 27.8 Å². The summed E-state index contributed by atoms with van der Waals surface area (Å²) in [5, 5.41) is 11.4. The number of carbonyl (C=O) groups excluding carboxylic acids is 1. The molecule has 0 aliphatic heterocycles. The molecule has 0 bridgehead atoms. The molecule has 4 aliphatic rings. The van der Waals surface area contributed by atoms with Gasteiger partial charge in [0.2, 0.25) is 11.6 Å². The Hall–Kier alpha value is -1.39. The first-order valence-electron chi connectivity index (χ1n) is 12.7. The number of nitro groups is 1. The van der Waals surface area contributed by atoms with Crippen LogP contribution in [0.3, 0.4) is 0 Å². The van der Waals surface area contributed by atoms with Crippen molar-refractivity contribution in [1.29, 1.82) is 0 Å². The van der Waals surface area contributed by atoms with Crippen LogP contribution in [0.15, 0.2) is 11.8 Å². The number of rotatable bonds is 4. The lowest BCUT2D eigenvalue weighted by Crippen LogP contribution is -2.54. The molecule has 0 heterocycles. The second-order valence-corrected chi connectivity index (χ2v) is 12.1. The molecule has 7 atom stereocenters. The van der Waals surface area contributed by atoms with E-state index in [1.54, 1.807) is 0 Å². The van der Waals surface area contributed by atoms with Crippen molar-refractivity contribution in [3.8, 4) is 0 Å². The average Bonchev–Trinajstić information content (AvgIpc) is 3.03. The van der Waals surface area contributed by atoms with E-state index in [1.807, 2.05) is 6.08 Å². The van der Waals surface area contributed by atoms with Gasteiger partial charge in [0.25, 0.3) is 0 Å². The van der Waals surface area contributed by atoms with E-state index in [0.717, 1.165) is 25.7 Å². The molecule has 0 radical (unpaired) electrons. The molecule has 0 aromatic rings. The second-order valence-electron chi connectivity index (χ2n) is 12.1. The molecule has 0 N–H and O–H groups in total. The predicted octanol–water partition coefficient (Wildman–Crippen LogP) is 6.06. The van der Waals surface area contributed by atoms with Gasteiger partial charge in [-0.3, -0.25) is 14.9 Å². The van der Waals surface area contributed by atoms with E-state index in [1.165, 1.54) is 19.3 Å². The third kappa shape index (κ3) is 3.45. The molecule has 4 aliphatic carbocycles. The molecule has 1 amide bonds. The number of hydrogen-bond donors (Lipinski definition) is 0. The van der Waals surface area contributed by atoms with Gasteiger partial charge < -0.3 is 4.90 Å². The van der Waals surface area contributed by atoms with Crippen LogP contribution >= 0.6 is 0 Å². The van der Waals surface area contributed by atoms with Gasteiger partial charge in [-0.2, -0.15) is 0 Å². The van der Waals surface area contributed by atoms with Gasteiger partial charge in [-0.1, -0.05) is 13.8 Å². The predicted molar refractivity (Wildman–Crippen MR) is 123 cm³/mol. The lowest BCUT2D eigenvalue weighted by atomic mass is 9.45. The highest BCUT2D eigenvalue weighted by Crippen LogP contribution is 2.67. The molecule has 0 spiro atoms. The lowest BCUT2D eigenvalue weighted by Gasteiger charge is -2.59. The fourth-order valence-electron chi connectivity index (χ4n) is 8.69. The second kappa shape index (κ2) is 7.88. The minimum atomic E-state index is -0.161. The van der Waals surface area contributed by atoms with Gasteiger partial charge in [0.1, 0.15) is 0 Å². The third-order valence-corrected chi connectivity index (χ3v) is 10.2. The van der Waals surface area contributed by atoms with Gasteiger partial charge in [0.15, 0.2) is 0 Å². The van der Waals surface area contributed by atoms with Gasteiger partial charge in [-0.05, 0) is 113 Å². The lowest BCUT2D eigenvalue weighted by molar-refractivity contribution is -0.430. The Morgan fingerprint density at radius 3 is 2.26 bits per heavy atom. The summed E-state index contributed by atoms with van der Waals surface area (Å²) in [5.74, 6) is 2.83. The van der Waals surface area contributed by atoms with E-state index in [0.29, 0.717) is 41.7 Å². The molecule has 5 heteroatoms. The Balaban J connectivity index is 1.58. The Morgan fingerprint density at radius 2 is 1.65 bits per heavy atom. The zero-order valence-electron chi connectivity index (χ0n) is 20.4. The molecule has 174 valence electrons. The smallest absolute Gasteiger partial charge is 0.242 e. The summed E-state index contributed by atoms with van der Waals surface area (Å²) in [6.45, 7) is 13.4. The maximum atomic E-state index is 13.7. The number of nitrogens with zero attached hydrogens (tertiary/aromatic N) is 2. The van der Waals surface area contributed by atoms with E-state index in [4.69, 9.17) is 0 Å². The summed E-state index contributed by atoms with van der Waals surface area (Å²) in [6.07, 6.45) is 10.3. The molecule has 0 aromatic carbocycles. The number of fused-ring (bicyclic) bond motifs is 5. The first kappa shape index (κ1) is 22.8. The average molecular weight is 431 g/mol. The van der Waals surface area contributed by atoms with Crippen molar-refractivity contribution < 1.29 is 9.72 Å². The Morgan fingerprint density at radius 1 is 1.00 bits per heavy atom. The van der Waals surface area contributed by atoms with Gasteiger partial charge in [-0.15, -0.1) is 0 Å². The summed E-state index contributed by atoms with van der Waals surface area (Å²) in [7, 11) is 0. The Kier molecular flexibility index (Phi) is 5.79. The quantitative estimate of drug-likeness (QED) is 0.402. The largest absolute Gasteiger partial charge is 0.338 e. The molecule has 4 unspecified atom stereocenters. The van der Waals surface area contributed by atoms with Gasteiger partial charge in [0.05, 0.1) is 4.92 Å². The van der Waals surface area contributed by atoms with Crippen LogP contribution in [-0.2, 0) is 4.79 Å². The van der Waals surface area contributed by atoms with Crippen molar-refractivity contribution in [2.75, 3.05) is 0 Å². The van der Waals surface area contributed by atoms with E-state index >= 15 is 0 Å². The summed E-state index contributed by atoms with van der Waals surface area (Å²) >= 11 is 0. The molecule has 5 nitrogen and oxygen atoms in total. The van der Waals surface area contributed by atoms with Crippen molar-refractivity contribution >= 4 is 5.91 Å². The molecule has 0 aromatic heterocycles. The minimum Gasteiger partial charge on any atom is -0.338 e. The standard InChI is InChI=1S/C26H42N2O3/c1-16(2)27(17(3)4)24(29)23-10-9-21-20-8-7-18-15-19(28(30)31)11-13-25(18,5)22(20)12-14-26(21,23)6/h15-18,20-23H,7-14H2,1-6H3/t18?,20?,21?,22?,23-,25+,26+/m1/s1. The van der Waals surface area contributed by atoms with Crippen LogP contribution in [0, 0.1) is 50.5 Å². The molecule has 4 rings (SSSR count). The van der Waals surface area contributed by atoms with E-state index in [2.05, 4.69) is 46.4 Å². The highest BCUT2D eigenvalue weighted by molar-refractivity contribution is 5.80. The maximum absolute atomic E-state index is 13.7. The Labute approximate surface area is 188 Å². The highest BCUT2D eigenvalue weighted by Gasteiger charge is 2.61. The van der Waals surface area contributed by atoms with E-state index in [-0.39, 0.29) is 33.8 Å². The van der Waals surface area contributed by atoms with Crippen molar-refractivity contribution in [2.24, 2.45) is 40.4 Å². The number of carbonyl (C=O) groups is 1. The first-order chi connectivity index (χ1) is 14.5. The third-order valence-electron chi connectivity index (χ3n) is 10.2. The van der Waals surface area contributed by atoms with Crippen LogP contribution in [0.1, 0.15) is 92.9 Å². The van der Waals surface area contributed by atoms with Crippen LogP contribution in [0.5, 0.6) is 0 Å². The van der Waals surface area contributed by atoms with Crippen LogP contribution in [0.4, 0.5) is 0 Å². The zero-order chi connectivity index (χ0) is 22.7. The van der Waals surface area contributed by atoms with Crippen LogP contribution < -0.4 is 0 Å². The van der Waals surface area contributed by atoms with Crippen LogP contribution in [0.2, 0.25) is 0 Å². The number of hydrogen-bond acceptors (Lipinski definition) is 3. The van der Waals surface area contributed by atoms with Gasteiger partial charge >= 0.3 is 0 Å². The summed E-state index contributed by atoms with van der Waals surface area (Å²) in [5.41, 5.74) is 0.740. The van der Waals surface area contributed by atoms with Crippen molar-refractivity contribution in [3.63, 3.8) is 0 Å². The summed E-state index contributed by atoms with van der Waals surface area (Å²) in [6, 6.07) is 0.483. The SMILES string of the molecule is CC(C)N(C(=O)[C@H]1CCC2C3CCC4C=C([N+](=O)[O-])CC[C@]4(C)C3CC[C@@]21C)C(C)C. The highest BCUT2D eigenvalue weighted by atomic mass is 16.6. The topological polar surface area (TPSA) is 63.5 Å². The normalized spacial score (nSPS) is 41.9. The van der Waals surface area contributed by atoms with Crippen molar-refractivity contribution in [2.45, 2.75) is 105 Å². The van der Waals surface area contributed by atoms with Gasteiger partial charge in [0, 0.05) is 24.4 Å². The number of amides is 1. The molecular formula is C26H42N2O3. The monoisotopic (exact) mass is 430 g/mol. The molecular weight excluding hydrogens is 388 g/mol. The number of allylic oxidation sites excluding steroid dienone is 2. The summed E-state index contributed by atoms with van der Waals surface area (Å²) < 4.78 is 0. The zero-order valence-corrected chi connectivity index (χ0v) is 20.4. The molecule has 31 heavy (non-hydrogen) atoms. The molecule has 3 saturated carbocycles.